The average molecular weight is 323 g/mol. The summed E-state index contributed by atoms with van der Waals surface area (Å²) in [4.78, 5) is 10.9. The van der Waals surface area contributed by atoms with Crippen molar-refractivity contribution in [2.75, 3.05) is 0 Å². The number of halogens is 6. The van der Waals surface area contributed by atoms with Gasteiger partial charge in [-0.15, -0.1) is 0 Å². The highest BCUT2D eigenvalue weighted by molar-refractivity contribution is 5.96. The highest BCUT2D eigenvalue weighted by Gasteiger charge is 2.47. The Morgan fingerprint density at radius 3 is 2.36 bits per heavy atom. The van der Waals surface area contributed by atoms with Crippen molar-refractivity contribution in [3.63, 3.8) is 0 Å². The number of amides is 1. The summed E-state index contributed by atoms with van der Waals surface area (Å²) < 4.78 is 81.4. The fourth-order valence-corrected chi connectivity index (χ4v) is 2.39. The smallest absolute Gasteiger partial charge is 0.275 e. The van der Waals surface area contributed by atoms with Crippen LogP contribution in [-0.2, 0) is 4.79 Å². The lowest BCUT2D eigenvalue weighted by molar-refractivity contribution is -0.114. The maximum Gasteiger partial charge on any atom is 0.275 e. The van der Waals surface area contributed by atoms with Crippen molar-refractivity contribution in [2.24, 2.45) is 5.73 Å². The first-order valence-electron chi connectivity index (χ1n) is 6.21. The van der Waals surface area contributed by atoms with Crippen molar-refractivity contribution in [1.29, 1.82) is 0 Å². The molecule has 0 radical (unpaired) electrons. The third-order valence-electron chi connectivity index (χ3n) is 3.55. The van der Waals surface area contributed by atoms with Gasteiger partial charge in [0.15, 0.2) is 11.3 Å². The zero-order chi connectivity index (χ0) is 16.7. The second-order valence-corrected chi connectivity index (χ2v) is 5.13. The summed E-state index contributed by atoms with van der Waals surface area (Å²) in [5, 5.41) is 0. The quantitative estimate of drug-likeness (QED) is 0.794. The second kappa shape index (κ2) is 5.33. The fraction of sp³-hybridized carbons (Fsp3) is 0.357. The van der Waals surface area contributed by atoms with Crippen LogP contribution in [0, 0.1) is 0 Å². The van der Waals surface area contributed by atoms with Crippen LogP contribution < -0.4 is 5.73 Å². The summed E-state index contributed by atoms with van der Waals surface area (Å²) >= 11 is 0. The number of allylic oxidation sites excluding steroid dienone is 6. The molecule has 0 saturated carbocycles. The van der Waals surface area contributed by atoms with E-state index < -0.39 is 59.3 Å². The van der Waals surface area contributed by atoms with Gasteiger partial charge in [-0.1, -0.05) is 12.2 Å². The van der Waals surface area contributed by atoms with Gasteiger partial charge < -0.3 is 5.73 Å². The van der Waals surface area contributed by atoms with Gasteiger partial charge in [-0.05, 0) is 17.7 Å². The SMILES string of the molecule is NC(=O)C1=C(F)CC(F)(C2=CC=CC(F)(C(F)F)C2)C=C1F. The van der Waals surface area contributed by atoms with Crippen molar-refractivity contribution >= 4 is 5.91 Å². The van der Waals surface area contributed by atoms with Crippen LogP contribution in [0.1, 0.15) is 12.8 Å². The third kappa shape index (κ3) is 2.69. The molecular weight excluding hydrogens is 312 g/mol. The van der Waals surface area contributed by atoms with E-state index >= 15 is 0 Å². The molecule has 0 spiro atoms. The minimum absolute atomic E-state index is 0.257. The van der Waals surface area contributed by atoms with E-state index in [9.17, 15) is 31.1 Å². The third-order valence-corrected chi connectivity index (χ3v) is 3.55. The molecule has 22 heavy (non-hydrogen) atoms. The maximum absolute atomic E-state index is 14.7. The maximum atomic E-state index is 14.7. The van der Waals surface area contributed by atoms with Crippen molar-refractivity contribution in [2.45, 2.75) is 30.6 Å². The number of primary amides is 1. The van der Waals surface area contributed by atoms with Gasteiger partial charge in [0.05, 0.1) is 0 Å². The van der Waals surface area contributed by atoms with Crippen molar-refractivity contribution < 1.29 is 31.1 Å². The summed E-state index contributed by atoms with van der Waals surface area (Å²) in [5.74, 6) is -4.42. The number of nitrogens with two attached hydrogens (primary N) is 1. The van der Waals surface area contributed by atoms with Crippen molar-refractivity contribution in [1.82, 2.24) is 0 Å². The van der Waals surface area contributed by atoms with E-state index in [-0.39, 0.29) is 6.08 Å². The second-order valence-electron chi connectivity index (χ2n) is 5.13. The Bertz CT molecular complexity index is 635. The average Bonchev–Trinajstić information content (AvgIpc) is 2.36. The normalized spacial score (nSPS) is 32.1. The summed E-state index contributed by atoms with van der Waals surface area (Å²) in [5.41, 5.74) is -2.83. The molecule has 0 heterocycles. The molecule has 120 valence electrons. The highest BCUT2D eigenvalue weighted by atomic mass is 19.3. The minimum Gasteiger partial charge on any atom is -0.365 e. The van der Waals surface area contributed by atoms with Crippen LogP contribution in [0.4, 0.5) is 26.3 Å². The van der Waals surface area contributed by atoms with E-state index in [0.29, 0.717) is 6.08 Å². The lowest BCUT2D eigenvalue weighted by atomic mass is 9.78. The number of carbonyl (C=O) groups excluding carboxylic acids is 1. The van der Waals surface area contributed by atoms with E-state index in [1.807, 2.05) is 0 Å². The molecule has 0 aromatic rings. The monoisotopic (exact) mass is 323 g/mol. The molecule has 0 bridgehead atoms. The first-order chi connectivity index (χ1) is 10.1. The first-order valence-corrected chi connectivity index (χ1v) is 6.21. The molecular formula is C14H11F6NO. The molecule has 2 aliphatic rings. The zero-order valence-electron chi connectivity index (χ0n) is 11.1. The molecule has 1 amide bonds. The molecule has 0 aromatic carbocycles. The van der Waals surface area contributed by atoms with Crippen molar-refractivity contribution in [3.8, 4) is 0 Å². The minimum atomic E-state index is -3.42. The summed E-state index contributed by atoms with van der Waals surface area (Å²) in [7, 11) is 0. The molecule has 0 aromatic heterocycles. The van der Waals surface area contributed by atoms with Crippen LogP contribution in [0.2, 0.25) is 0 Å². The molecule has 2 rings (SSSR count). The Morgan fingerprint density at radius 1 is 1.23 bits per heavy atom. The zero-order valence-corrected chi connectivity index (χ0v) is 11.1. The van der Waals surface area contributed by atoms with E-state index in [2.05, 4.69) is 0 Å². The molecule has 0 aliphatic heterocycles. The largest absolute Gasteiger partial charge is 0.365 e. The van der Waals surface area contributed by atoms with E-state index in [0.717, 1.165) is 12.2 Å². The highest BCUT2D eigenvalue weighted by Crippen LogP contribution is 2.45. The first kappa shape index (κ1) is 16.4. The van der Waals surface area contributed by atoms with Gasteiger partial charge in [-0.25, -0.2) is 26.3 Å². The standard InChI is InChI=1S/C14H11F6NO/c15-8-5-14(20,6-9(16)10(8)11(21)22)7-2-1-3-13(19,4-7)12(17)18/h1-3,5,12H,4,6H2,(H2,21,22). The molecule has 0 fully saturated rings. The van der Waals surface area contributed by atoms with E-state index in [1.165, 1.54) is 0 Å². The van der Waals surface area contributed by atoms with E-state index in [4.69, 9.17) is 5.73 Å². The lowest BCUT2D eigenvalue weighted by Crippen LogP contribution is -2.38. The number of rotatable bonds is 3. The van der Waals surface area contributed by atoms with Crippen LogP contribution in [0.25, 0.3) is 0 Å². The lowest BCUT2D eigenvalue weighted by Gasteiger charge is -2.33. The Kier molecular flexibility index (Phi) is 3.97. The number of alkyl halides is 4. The fourth-order valence-electron chi connectivity index (χ4n) is 2.39. The van der Waals surface area contributed by atoms with Crippen LogP contribution in [0.3, 0.4) is 0 Å². The Balaban J connectivity index is 2.37. The van der Waals surface area contributed by atoms with Gasteiger partial charge in [-0.2, -0.15) is 0 Å². The van der Waals surface area contributed by atoms with Gasteiger partial charge >= 0.3 is 0 Å². The molecule has 2 aliphatic carbocycles. The summed E-state index contributed by atoms with van der Waals surface area (Å²) in [6, 6.07) is 0. The van der Waals surface area contributed by atoms with Crippen LogP contribution in [-0.4, -0.2) is 23.7 Å². The molecule has 2 nitrogen and oxygen atoms in total. The molecule has 2 unspecified atom stereocenters. The number of hydrogen-bond donors (Lipinski definition) is 1. The van der Waals surface area contributed by atoms with E-state index in [1.54, 1.807) is 0 Å². The van der Waals surface area contributed by atoms with Gasteiger partial charge in [0.25, 0.3) is 12.3 Å². The molecule has 2 atom stereocenters. The van der Waals surface area contributed by atoms with Gasteiger partial charge in [0.2, 0.25) is 0 Å². The topological polar surface area (TPSA) is 43.1 Å². The Morgan fingerprint density at radius 2 is 1.86 bits per heavy atom. The van der Waals surface area contributed by atoms with Gasteiger partial charge in [-0.3, -0.25) is 4.79 Å². The van der Waals surface area contributed by atoms with Crippen LogP contribution in [0.5, 0.6) is 0 Å². The molecule has 8 heteroatoms. The predicted octanol–water partition coefficient (Wildman–Crippen LogP) is 3.52. The number of carbonyl (C=O) groups is 1. The Hall–Kier alpha value is -1.99. The predicted molar refractivity (Wildman–Crippen MR) is 66.7 cm³/mol. The van der Waals surface area contributed by atoms with Crippen molar-refractivity contribution in [3.05, 3.63) is 47.1 Å². The Labute approximate surface area is 121 Å². The van der Waals surface area contributed by atoms with Gasteiger partial charge in [0, 0.05) is 12.8 Å². The molecule has 0 saturated heterocycles. The van der Waals surface area contributed by atoms with Crippen LogP contribution in [0.15, 0.2) is 47.1 Å². The summed E-state index contributed by atoms with van der Waals surface area (Å²) in [6.07, 6.45) is -2.93. The number of hydrogen-bond acceptors (Lipinski definition) is 1. The van der Waals surface area contributed by atoms with Gasteiger partial charge in [0.1, 0.15) is 17.2 Å². The summed E-state index contributed by atoms with van der Waals surface area (Å²) in [6.45, 7) is 0. The van der Waals surface area contributed by atoms with Crippen LogP contribution >= 0.6 is 0 Å². The molecule has 2 N–H and O–H groups in total.